The van der Waals surface area contributed by atoms with Crippen LogP contribution in [0.15, 0.2) is 0 Å². The average molecular weight is 229 g/mol. The molecule has 0 aliphatic carbocycles. The second kappa shape index (κ2) is 6.78. The highest BCUT2D eigenvalue weighted by atomic mass is 32.7. The summed E-state index contributed by atoms with van der Waals surface area (Å²) in [4.78, 5) is 16.9. The lowest BCUT2D eigenvalue weighted by Crippen LogP contribution is -2.40. The fourth-order valence-corrected chi connectivity index (χ4v) is 2.07. The summed E-state index contributed by atoms with van der Waals surface area (Å²) in [5.74, 6) is 0.363. The summed E-state index contributed by atoms with van der Waals surface area (Å²) in [5, 5.41) is 2.94. The first-order valence-corrected chi connectivity index (χ1v) is 7.02. The van der Waals surface area contributed by atoms with E-state index >= 15 is 0 Å². The van der Waals surface area contributed by atoms with Crippen LogP contribution in [0.1, 0.15) is 0 Å². The maximum atomic E-state index is 10.4. The van der Waals surface area contributed by atoms with Crippen molar-refractivity contribution in [1.29, 1.82) is 0 Å². The van der Waals surface area contributed by atoms with Crippen molar-refractivity contribution in [3.8, 4) is 0 Å². The summed E-state index contributed by atoms with van der Waals surface area (Å²) in [5.41, 5.74) is 10.8. The van der Waals surface area contributed by atoms with E-state index in [1.54, 1.807) is 0 Å². The molecule has 0 aromatic carbocycles. The van der Waals surface area contributed by atoms with E-state index in [0.29, 0.717) is 36.8 Å². The fraction of sp³-hybridized carbons (Fsp3) is 1.00. The molecule has 0 fully saturated rings. The molecular weight excluding hydrogens is 213 g/mol. The van der Waals surface area contributed by atoms with Gasteiger partial charge in [-0.25, -0.2) is 4.57 Å². The normalized spacial score (nSPS) is 14.5. The Labute approximate surface area is 81.4 Å². The number of hydrogen-bond acceptors (Lipinski definition) is 5. The molecule has 0 heterocycles. The summed E-state index contributed by atoms with van der Waals surface area (Å²) in [6.07, 6.45) is 0. The summed E-state index contributed by atoms with van der Waals surface area (Å²) in [6, 6.07) is -0.0972. The lowest BCUT2D eigenvalue weighted by atomic mass is 10.3. The van der Waals surface area contributed by atoms with Gasteiger partial charge in [0.05, 0.1) is 0 Å². The molecular formula is C5H16N3O3PS. The van der Waals surface area contributed by atoms with Gasteiger partial charge in [-0.1, -0.05) is 0 Å². The Bertz CT molecular complexity index is 176. The largest absolute Gasteiger partial charge is 0.384 e. The third kappa shape index (κ3) is 10.3. The molecule has 0 aliphatic heterocycles. The van der Waals surface area contributed by atoms with Gasteiger partial charge in [0.25, 0.3) is 0 Å². The van der Waals surface area contributed by atoms with Crippen LogP contribution in [0.2, 0.25) is 0 Å². The van der Waals surface area contributed by atoms with Crippen LogP contribution in [0, 0.1) is 0 Å². The molecule has 0 saturated heterocycles. The summed E-state index contributed by atoms with van der Waals surface area (Å²) < 4.78 is 10.4. The van der Waals surface area contributed by atoms with E-state index in [9.17, 15) is 4.57 Å². The van der Waals surface area contributed by atoms with Crippen LogP contribution in [0.3, 0.4) is 0 Å². The molecule has 6 nitrogen and oxygen atoms in total. The second-order valence-electron chi connectivity index (χ2n) is 2.52. The first-order valence-electron chi connectivity index (χ1n) is 3.82. The zero-order valence-corrected chi connectivity index (χ0v) is 8.93. The van der Waals surface area contributed by atoms with Gasteiger partial charge in [-0.15, -0.1) is 0 Å². The molecule has 0 aromatic rings. The average Bonchev–Trinajstić information content (AvgIpc) is 2.01. The van der Waals surface area contributed by atoms with Crippen molar-refractivity contribution in [2.24, 2.45) is 11.5 Å². The molecule has 0 spiro atoms. The van der Waals surface area contributed by atoms with Crippen molar-refractivity contribution in [3.05, 3.63) is 0 Å². The van der Waals surface area contributed by atoms with Gasteiger partial charge < -0.3 is 26.6 Å². The maximum Gasteiger partial charge on any atom is 0.384 e. The van der Waals surface area contributed by atoms with E-state index in [1.807, 2.05) is 0 Å². The zero-order valence-electron chi connectivity index (χ0n) is 7.22. The minimum atomic E-state index is -3.92. The summed E-state index contributed by atoms with van der Waals surface area (Å²) in [7, 11) is 0. The molecule has 0 aromatic heterocycles. The Hall–Kier alpha value is 0.380. The van der Waals surface area contributed by atoms with E-state index < -0.39 is 6.80 Å². The van der Waals surface area contributed by atoms with Gasteiger partial charge in [0, 0.05) is 31.4 Å². The maximum absolute atomic E-state index is 10.4. The molecule has 0 amide bonds. The number of nitrogens with two attached hydrogens (primary N) is 2. The van der Waals surface area contributed by atoms with Crippen molar-refractivity contribution < 1.29 is 14.4 Å². The molecule has 7 N–H and O–H groups in total. The number of nitrogens with one attached hydrogen (secondary N) is 1. The van der Waals surface area contributed by atoms with E-state index in [4.69, 9.17) is 21.3 Å². The van der Waals surface area contributed by atoms with Gasteiger partial charge >= 0.3 is 6.80 Å². The van der Waals surface area contributed by atoms with E-state index in [1.165, 1.54) is 0 Å². The van der Waals surface area contributed by atoms with Gasteiger partial charge in [-0.2, -0.15) is 0 Å². The van der Waals surface area contributed by atoms with Crippen LogP contribution in [0.5, 0.6) is 0 Å². The van der Waals surface area contributed by atoms with Gasteiger partial charge in [0.2, 0.25) is 0 Å². The van der Waals surface area contributed by atoms with Gasteiger partial charge in [-0.3, -0.25) is 0 Å². The fourth-order valence-electron chi connectivity index (χ4n) is 0.608. The SMILES string of the molecule is NCC(N)CNCCSP(=O)(O)O. The highest BCUT2D eigenvalue weighted by Crippen LogP contribution is 2.49. The number of hydrogen-bond donors (Lipinski definition) is 5. The Balaban J connectivity index is 3.22. The monoisotopic (exact) mass is 229 g/mol. The van der Waals surface area contributed by atoms with E-state index in [-0.39, 0.29) is 6.04 Å². The number of rotatable bonds is 7. The van der Waals surface area contributed by atoms with Crippen LogP contribution in [0.4, 0.5) is 0 Å². The predicted molar refractivity (Wildman–Crippen MR) is 54.4 cm³/mol. The molecule has 1 atom stereocenters. The molecule has 0 radical (unpaired) electrons. The Morgan fingerprint density at radius 2 is 2.15 bits per heavy atom. The predicted octanol–water partition coefficient (Wildman–Crippen LogP) is -1.31. The van der Waals surface area contributed by atoms with Crippen molar-refractivity contribution in [3.63, 3.8) is 0 Å². The van der Waals surface area contributed by atoms with Crippen LogP contribution >= 0.6 is 18.2 Å². The van der Waals surface area contributed by atoms with E-state index in [2.05, 4.69) is 5.32 Å². The van der Waals surface area contributed by atoms with Gasteiger partial charge in [0.15, 0.2) is 0 Å². The molecule has 0 aliphatic rings. The van der Waals surface area contributed by atoms with Gasteiger partial charge in [-0.05, 0) is 11.4 Å². The Morgan fingerprint density at radius 1 is 1.54 bits per heavy atom. The summed E-state index contributed by atoms with van der Waals surface area (Å²) >= 11 is 0.625. The van der Waals surface area contributed by atoms with E-state index in [0.717, 1.165) is 0 Å². The van der Waals surface area contributed by atoms with Crippen LogP contribution in [0.25, 0.3) is 0 Å². The third-order valence-corrected chi connectivity index (χ3v) is 3.53. The van der Waals surface area contributed by atoms with Crippen molar-refractivity contribution in [2.45, 2.75) is 6.04 Å². The summed E-state index contributed by atoms with van der Waals surface area (Å²) in [6.45, 7) is -2.43. The lowest BCUT2D eigenvalue weighted by molar-refractivity contribution is 0.397. The molecule has 0 rings (SSSR count). The molecule has 1 unspecified atom stereocenters. The second-order valence-corrected chi connectivity index (χ2v) is 6.37. The van der Waals surface area contributed by atoms with Crippen molar-refractivity contribution in [2.75, 3.05) is 25.4 Å². The van der Waals surface area contributed by atoms with Gasteiger partial charge in [0.1, 0.15) is 0 Å². The smallest absolute Gasteiger partial charge is 0.329 e. The standard InChI is InChI=1S/C5H16N3O3PS/c6-3-5(7)4-8-1-2-13-12(9,10)11/h5,8H,1-4,6-7H2,(H2,9,10,11). The topological polar surface area (TPSA) is 122 Å². The van der Waals surface area contributed by atoms with Crippen LogP contribution in [-0.4, -0.2) is 41.2 Å². The lowest BCUT2D eigenvalue weighted by Gasteiger charge is -2.09. The highest BCUT2D eigenvalue weighted by Gasteiger charge is 2.12. The molecule has 0 bridgehead atoms. The first kappa shape index (κ1) is 13.4. The Morgan fingerprint density at radius 3 is 2.62 bits per heavy atom. The molecule has 8 heteroatoms. The minimum absolute atomic E-state index is 0.0972. The molecule has 80 valence electrons. The zero-order chi connectivity index (χ0) is 10.3. The first-order chi connectivity index (χ1) is 5.95. The van der Waals surface area contributed by atoms with Crippen LogP contribution < -0.4 is 16.8 Å². The quantitative estimate of drug-likeness (QED) is 0.271. The van der Waals surface area contributed by atoms with Crippen molar-refractivity contribution in [1.82, 2.24) is 5.32 Å². The Kier molecular flexibility index (Phi) is 6.98. The minimum Gasteiger partial charge on any atom is -0.329 e. The highest BCUT2D eigenvalue weighted by molar-refractivity contribution is 8.54. The van der Waals surface area contributed by atoms with Crippen LogP contribution in [-0.2, 0) is 4.57 Å². The van der Waals surface area contributed by atoms with Crippen molar-refractivity contribution >= 4 is 18.2 Å². The third-order valence-electron chi connectivity index (χ3n) is 1.25. The molecule has 13 heavy (non-hydrogen) atoms. The molecule has 0 saturated carbocycles.